The molecule has 2 aliphatic rings. The molecule has 1 aromatic heterocycles. The lowest BCUT2D eigenvalue weighted by molar-refractivity contribution is 0.744. The maximum absolute atomic E-state index is 5.56. The second-order valence-corrected chi connectivity index (χ2v) is 13.4. The largest absolute Gasteiger partial charge is 0.286 e. The van der Waals surface area contributed by atoms with E-state index in [0.717, 1.165) is 33.4 Å². The maximum atomic E-state index is 5.56. The molecule has 1 aliphatic carbocycles. The summed E-state index contributed by atoms with van der Waals surface area (Å²) in [6.45, 7) is 0. The Morgan fingerprint density at radius 2 is 1.15 bits per heavy atom. The summed E-state index contributed by atoms with van der Waals surface area (Å²) in [6.07, 6.45) is 0. The highest BCUT2D eigenvalue weighted by Gasteiger charge is 2.53. The summed E-state index contributed by atoms with van der Waals surface area (Å²) >= 11 is 1.90. The van der Waals surface area contributed by atoms with Gasteiger partial charge < -0.3 is 0 Å². The van der Waals surface area contributed by atoms with Crippen LogP contribution in [0.15, 0.2) is 169 Å². The van der Waals surface area contributed by atoms with Crippen molar-refractivity contribution in [1.82, 2.24) is 9.97 Å². The van der Waals surface area contributed by atoms with E-state index in [9.17, 15) is 0 Å². The number of anilines is 2. The highest BCUT2D eigenvalue weighted by atomic mass is 32.2. The van der Waals surface area contributed by atoms with Crippen LogP contribution in [0, 0.1) is 0 Å². The fraction of sp³-hybridized carbons (Fsp3) is 0.0233. The molecule has 0 saturated heterocycles. The Kier molecular flexibility index (Phi) is 5.72. The van der Waals surface area contributed by atoms with Crippen LogP contribution in [0.2, 0.25) is 0 Å². The zero-order valence-electron chi connectivity index (χ0n) is 25.3. The van der Waals surface area contributed by atoms with Crippen LogP contribution in [0.5, 0.6) is 0 Å². The van der Waals surface area contributed by atoms with Crippen molar-refractivity contribution in [3.63, 3.8) is 0 Å². The van der Waals surface area contributed by atoms with E-state index in [2.05, 4.69) is 169 Å². The van der Waals surface area contributed by atoms with Crippen LogP contribution < -0.4 is 4.90 Å². The number of nitrogens with zero attached hydrogens (tertiary/aromatic N) is 3. The zero-order chi connectivity index (χ0) is 31.0. The van der Waals surface area contributed by atoms with Gasteiger partial charge in [-0.25, -0.2) is 9.97 Å². The molecule has 3 nitrogen and oxygen atoms in total. The van der Waals surface area contributed by atoms with Crippen LogP contribution in [0.4, 0.5) is 11.6 Å². The Labute approximate surface area is 277 Å². The summed E-state index contributed by atoms with van der Waals surface area (Å²) in [7, 11) is 0. The minimum Gasteiger partial charge on any atom is -0.286 e. The predicted molar refractivity (Wildman–Crippen MR) is 195 cm³/mol. The van der Waals surface area contributed by atoms with E-state index in [-0.39, 0.29) is 0 Å². The number of hydrogen-bond acceptors (Lipinski definition) is 4. The van der Waals surface area contributed by atoms with Gasteiger partial charge in [-0.2, -0.15) is 0 Å². The van der Waals surface area contributed by atoms with E-state index in [4.69, 9.17) is 9.97 Å². The lowest BCUT2D eigenvalue weighted by Gasteiger charge is -2.46. The third kappa shape index (κ3) is 3.82. The van der Waals surface area contributed by atoms with E-state index in [1.165, 1.54) is 43.5 Å². The Hall–Kier alpha value is -5.71. The maximum Gasteiger partial charge on any atom is 0.232 e. The number of thioether (sulfide) groups is 1. The topological polar surface area (TPSA) is 29.0 Å². The minimum atomic E-state index is -0.610. The van der Waals surface area contributed by atoms with Crippen LogP contribution in [-0.2, 0) is 4.87 Å². The molecule has 0 amide bonds. The molecule has 220 valence electrons. The highest BCUT2D eigenvalue weighted by molar-refractivity contribution is 8.01. The molecular weight excluding hydrogens is 591 g/mol. The second kappa shape index (κ2) is 10.1. The molecule has 47 heavy (non-hydrogen) atoms. The average Bonchev–Trinajstić information content (AvgIpc) is 3.41. The SMILES string of the molecule is c1ccc(-c2ccc3nc(N4c5cccc6cccc(c56)SC45c4ccccc4-c4ccccc45)nc(-c4ccccc4)c3c2)cc1. The molecule has 0 fully saturated rings. The quantitative estimate of drug-likeness (QED) is 0.197. The Morgan fingerprint density at radius 1 is 0.511 bits per heavy atom. The van der Waals surface area contributed by atoms with E-state index in [1.807, 2.05) is 11.8 Å². The van der Waals surface area contributed by atoms with Gasteiger partial charge >= 0.3 is 0 Å². The summed E-state index contributed by atoms with van der Waals surface area (Å²) in [5, 5.41) is 3.48. The van der Waals surface area contributed by atoms with Gasteiger partial charge in [-0.3, -0.25) is 4.90 Å². The first-order chi connectivity index (χ1) is 23.3. The smallest absolute Gasteiger partial charge is 0.232 e. The zero-order valence-corrected chi connectivity index (χ0v) is 26.2. The first-order valence-electron chi connectivity index (χ1n) is 15.9. The van der Waals surface area contributed by atoms with Crippen molar-refractivity contribution < 1.29 is 0 Å². The molecule has 0 N–H and O–H groups in total. The van der Waals surface area contributed by atoms with Crippen molar-refractivity contribution in [2.45, 2.75) is 9.77 Å². The summed E-state index contributed by atoms with van der Waals surface area (Å²) in [4.78, 5) is 14.1. The summed E-state index contributed by atoms with van der Waals surface area (Å²) in [5.41, 5.74) is 11.4. The van der Waals surface area contributed by atoms with Gasteiger partial charge in [0.1, 0.15) is 0 Å². The normalized spacial score (nSPS) is 14.0. The first kappa shape index (κ1) is 26.5. The Morgan fingerprint density at radius 3 is 1.87 bits per heavy atom. The Bertz CT molecular complexity index is 2460. The molecule has 8 aromatic rings. The third-order valence-corrected chi connectivity index (χ3v) is 11.0. The van der Waals surface area contributed by atoms with E-state index in [1.54, 1.807) is 0 Å². The van der Waals surface area contributed by atoms with Crippen LogP contribution in [-0.4, -0.2) is 9.97 Å². The van der Waals surface area contributed by atoms with Gasteiger partial charge in [0.05, 0.1) is 16.9 Å². The monoisotopic (exact) mass is 617 g/mol. The van der Waals surface area contributed by atoms with Crippen molar-refractivity contribution >= 4 is 45.1 Å². The number of fused-ring (bicyclic) bond motifs is 6. The average molecular weight is 618 g/mol. The van der Waals surface area contributed by atoms with Crippen molar-refractivity contribution in [2.75, 3.05) is 4.90 Å². The number of hydrogen-bond donors (Lipinski definition) is 0. The van der Waals surface area contributed by atoms with Crippen molar-refractivity contribution in [3.05, 3.63) is 175 Å². The number of aromatic nitrogens is 2. The molecule has 1 spiro atoms. The summed E-state index contributed by atoms with van der Waals surface area (Å²) < 4.78 is 0. The van der Waals surface area contributed by atoms with E-state index in [0.29, 0.717) is 5.95 Å². The van der Waals surface area contributed by atoms with Gasteiger partial charge in [0, 0.05) is 32.4 Å². The molecule has 7 aromatic carbocycles. The first-order valence-corrected chi connectivity index (χ1v) is 16.7. The van der Waals surface area contributed by atoms with Crippen molar-refractivity contribution in [3.8, 4) is 33.5 Å². The third-order valence-electron chi connectivity index (χ3n) is 9.57. The molecule has 4 heteroatoms. The second-order valence-electron chi connectivity index (χ2n) is 12.1. The molecule has 0 bridgehead atoms. The molecule has 0 atom stereocenters. The molecule has 10 rings (SSSR count). The highest BCUT2D eigenvalue weighted by Crippen LogP contribution is 2.65. The van der Waals surface area contributed by atoms with Crippen LogP contribution in [0.3, 0.4) is 0 Å². The molecule has 0 radical (unpaired) electrons. The van der Waals surface area contributed by atoms with Gasteiger partial charge in [0.2, 0.25) is 5.95 Å². The van der Waals surface area contributed by atoms with Crippen molar-refractivity contribution in [1.29, 1.82) is 0 Å². The van der Waals surface area contributed by atoms with Crippen molar-refractivity contribution in [2.24, 2.45) is 0 Å². The number of benzene rings is 7. The molecule has 0 unspecified atom stereocenters. The van der Waals surface area contributed by atoms with Crippen LogP contribution in [0.1, 0.15) is 11.1 Å². The van der Waals surface area contributed by atoms with E-state index < -0.39 is 4.87 Å². The lowest BCUT2D eigenvalue weighted by atomic mass is 9.98. The Balaban J connectivity index is 1.32. The fourth-order valence-corrected chi connectivity index (χ4v) is 9.18. The van der Waals surface area contributed by atoms with Gasteiger partial charge in [-0.05, 0) is 51.9 Å². The van der Waals surface area contributed by atoms with E-state index >= 15 is 0 Å². The van der Waals surface area contributed by atoms with Gasteiger partial charge in [0.15, 0.2) is 4.87 Å². The lowest BCUT2D eigenvalue weighted by Crippen LogP contribution is -2.43. The standard InChI is InChI=1S/C43H27N3S/c1-3-13-28(14-4-1)31-25-26-37-34(27-31)41(30-15-5-2-6-16-30)45-42(44-37)46-38-23-11-17-29-18-12-24-39(40(29)38)47-43(46)35-21-9-7-19-32(35)33-20-8-10-22-36(33)43/h1-27H. The molecule has 1 aliphatic heterocycles. The van der Waals surface area contributed by atoms with Gasteiger partial charge in [-0.1, -0.05) is 151 Å². The predicted octanol–water partition coefficient (Wildman–Crippen LogP) is 11.2. The fourth-order valence-electron chi connectivity index (χ4n) is 7.55. The van der Waals surface area contributed by atoms with Gasteiger partial charge in [0.25, 0.3) is 0 Å². The van der Waals surface area contributed by atoms with Crippen LogP contribution >= 0.6 is 11.8 Å². The molecule has 0 saturated carbocycles. The summed E-state index contributed by atoms with van der Waals surface area (Å²) in [5.74, 6) is 0.685. The molecule has 2 heterocycles. The minimum absolute atomic E-state index is 0.610. The molecular formula is C43H27N3S. The summed E-state index contributed by atoms with van der Waals surface area (Å²) in [6, 6.07) is 58.6. The van der Waals surface area contributed by atoms with Gasteiger partial charge in [-0.15, -0.1) is 0 Å². The number of rotatable bonds is 3. The van der Waals surface area contributed by atoms with Crippen LogP contribution in [0.25, 0.3) is 55.2 Å².